The fourth-order valence-electron chi connectivity index (χ4n) is 2.92. The lowest BCUT2D eigenvalue weighted by Gasteiger charge is -2.31. The second-order valence-corrected chi connectivity index (χ2v) is 8.06. The average Bonchev–Trinajstić information content (AvgIpc) is 3.32. The number of carbonyl (C=O) groups is 1. The number of amides is 1. The first-order valence-electron chi connectivity index (χ1n) is 7.64. The third kappa shape index (κ3) is 3.99. The first-order valence-corrected chi connectivity index (χ1v) is 9.52. The molecule has 1 heterocycles. The summed E-state index contributed by atoms with van der Waals surface area (Å²) in [6.45, 7) is 1.94. The van der Waals surface area contributed by atoms with Crippen molar-refractivity contribution in [3.05, 3.63) is 31.8 Å². The smallest absolute Gasteiger partial charge is 0.255 e. The van der Waals surface area contributed by atoms with E-state index in [2.05, 4.69) is 48.7 Å². The monoisotopic (exact) mass is 462 g/mol. The Hall–Kier alpha value is -0.140. The number of hydrogen-bond donors (Lipinski definition) is 1. The zero-order chi connectivity index (χ0) is 14.8. The van der Waals surface area contributed by atoms with Crippen LogP contribution in [0, 0.1) is 3.57 Å². The van der Waals surface area contributed by atoms with Crippen LogP contribution >= 0.6 is 38.5 Å². The molecule has 1 N–H and O–H groups in total. The van der Waals surface area contributed by atoms with Crippen molar-refractivity contribution in [1.82, 2.24) is 10.2 Å². The topological polar surface area (TPSA) is 32.3 Å². The molecular weight excluding hydrogens is 443 g/mol. The molecule has 0 radical (unpaired) electrons. The quantitative estimate of drug-likeness (QED) is 0.690. The van der Waals surface area contributed by atoms with Gasteiger partial charge in [0.2, 0.25) is 0 Å². The number of nitrogens with one attached hydrogen (secondary N) is 1. The van der Waals surface area contributed by atoms with Crippen molar-refractivity contribution >= 4 is 44.4 Å². The van der Waals surface area contributed by atoms with Gasteiger partial charge >= 0.3 is 0 Å². The summed E-state index contributed by atoms with van der Waals surface area (Å²) in [5.74, 6) is 0.176. The van der Waals surface area contributed by atoms with Crippen molar-refractivity contribution in [1.29, 1.82) is 0 Å². The van der Waals surface area contributed by atoms with Crippen LogP contribution in [0.3, 0.4) is 0 Å². The molecule has 0 aromatic heterocycles. The van der Waals surface area contributed by atoms with E-state index >= 15 is 0 Å². The molecule has 21 heavy (non-hydrogen) atoms. The molecular formula is C16H20BrIN2O. The molecule has 1 atom stereocenters. The number of nitrogens with zero attached hydrogens (tertiary/aromatic N) is 1. The summed E-state index contributed by atoms with van der Waals surface area (Å²) in [5.41, 5.74) is 0.796. The third-order valence-corrected chi connectivity index (χ3v) is 5.60. The van der Waals surface area contributed by atoms with E-state index in [4.69, 9.17) is 0 Å². The van der Waals surface area contributed by atoms with E-state index in [0.717, 1.165) is 39.5 Å². The van der Waals surface area contributed by atoms with Crippen LogP contribution in [0.15, 0.2) is 22.7 Å². The molecule has 1 amide bonds. The lowest BCUT2D eigenvalue weighted by Crippen LogP contribution is -2.46. The van der Waals surface area contributed by atoms with E-state index in [1.807, 2.05) is 18.2 Å². The minimum Gasteiger partial charge on any atom is -0.334 e. The number of rotatable bonds is 4. The normalized spacial score (nSPS) is 22.1. The fourth-order valence-corrected chi connectivity index (χ4v) is 3.82. The highest BCUT2D eigenvalue weighted by Gasteiger charge is 2.35. The summed E-state index contributed by atoms with van der Waals surface area (Å²) in [5, 5.41) is 3.56. The minimum absolute atomic E-state index is 0.176. The van der Waals surface area contributed by atoms with Gasteiger partial charge in [-0.2, -0.15) is 0 Å². The van der Waals surface area contributed by atoms with E-state index in [1.54, 1.807) is 0 Å². The molecule has 2 aliphatic rings. The van der Waals surface area contributed by atoms with Gasteiger partial charge in [-0.05, 0) is 88.9 Å². The number of benzene rings is 1. The Kier molecular flexibility index (Phi) is 5.22. The Morgan fingerprint density at radius 1 is 1.33 bits per heavy atom. The van der Waals surface area contributed by atoms with Gasteiger partial charge in [0.05, 0.1) is 5.56 Å². The zero-order valence-electron chi connectivity index (χ0n) is 11.9. The molecule has 5 heteroatoms. The maximum absolute atomic E-state index is 12.9. The zero-order valence-corrected chi connectivity index (χ0v) is 15.7. The fraction of sp³-hybridized carbons (Fsp3) is 0.562. The van der Waals surface area contributed by atoms with Crippen LogP contribution in [0.1, 0.15) is 42.5 Å². The van der Waals surface area contributed by atoms with Crippen molar-refractivity contribution in [3.8, 4) is 0 Å². The van der Waals surface area contributed by atoms with Crippen molar-refractivity contribution in [3.63, 3.8) is 0 Å². The second kappa shape index (κ2) is 6.96. The Balaban J connectivity index is 1.76. The van der Waals surface area contributed by atoms with Gasteiger partial charge in [0.25, 0.3) is 5.91 Å². The van der Waals surface area contributed by atoms with Gasteiger partial charge in [0.1, 0.15) is 0 Å². The van der Waals surface area contributed by atoms with Crippen LogP contribution in [-0.2, 0) is 0 Å². The number of hydrogen-bond acceptors (Lipinski definition) is 2. The van der Waals surface area contributed by atoms with Gasteiger partial charge < -0.3 is 10.2 Å². The highest BCUT2D eigenvalue weighted by molar-refractivity contribution is 14.1. The molecule has 1 aromatic carbocycles. The van der Waals surface area contributed by atoms with Crippen LogP contribution in [0.4, 0.5) is 0 Å². The van der Waals surface area contributed by atoms with E-state index < -0.39 is 0 Å². The lowest BCUT2D eigenvalue weighted by atomic mass is 10.0. The van der Waals surface area contributed by atoms with Crippen molar-refractivity contribution in [2.24, 2.45) is 0 Å². The predicted molar refractivity (Wildman–Crippen MR) is 96.6 cm³/mol. The summed E-state index contributed by atoms with van der Waals surface area (Å²) < 4.78 is 2.00. The average molecular weight is 463 g/mol. The molecule has 1 aromatic rings. The largest absolute Gasteiger partial charge is 0.334 e. The molecule has 114 valence electrons. The number of halogens is 2. The van der Waals surface area contributed by atoms with Crippen molar-refractivity contribution < 1.29 is 4.79 Å². The van der Waals surface area contributed by atoms with Crippen LogP contribution in [0.25, 0.3) is 0 Å². The van der Waals surface area contributed by atoms with Gasteiger partial charge in [-0.25, -0.2) is 0 Å². The predicted octanol–water partition coefficient (Wildman–Crippen LogP) is 3.80. The van der Waals surface area contributed by atoms with Crippen LogP contribution in [-0.4, -0.2) is 36.0 Å². The molecule has 0 spiro atoms. The summed E-state index contributed by atoms with van der Waals surface area (Å²) >= 11 is 5.79. The van der Waals surface area contributed by atoms with Crippen LogP contribution < -0.4 is 5.32 Å². The van der Waals surface area contributed by atoms with Gasteiger partial charge in [-0.15, -0.1) is 0 Å². The molecule has 2 fully saturated rings. The Morgan fingerprint density at radius 2 is 2.14 bits per heavy atom. The molecule has 3 rings (SSSR count). The van der Waals surface area contributed by atoms with Gasteiger partial charge in [0, 0.05) is 26.7 Å². The first-order chi connectivity index (χ1) is 10.1. The van der Waals surface area contributed by atoms with Crippen LogP contribution in [0.5, 0.6) is 0 Å². The van der Waals surface area contributed by atoms with Crippen LogP contribution in [0.2, 0.25) is 0 Å². The van der Waals surface area contributed by atoms with E-state index in [0.29, 0.717) is 12.1 Å². The standard InChI is InChI=1S/C16H20BrIN2O/c17-15-7-4-11(18)9-14(15)16(21)20(13-5-6-13)10-12-3-1-2-8-19-12/h4,7,9,12-13,19H,1-3,5-6,8,10H2. The highest BCUT2D eigenvalue weighted by Crippen LogP contribution is 2.31. The van der Waals surface area contributed by atoms with Gasteiger partial charge in [-0.1, -0.05) is 6.42 Å². The van der Waals surface area contributed by atoms with E-state index in [9.17, 15) is 4.79 Å². The molecule has 1 saturated heterocycles. The number of piperidine rings is 1. The van der Waals surface area contributed by atoms with Crippen molar-refractivity contribution in [2.45, 2.75) is 44.2 Å². The lowest BCUT2D eigenvalue weighted by molar-refractivity contribution is 0.0717. The maximum Gasteiger partial charge on any atom is 0.255 e. The Morgan fingerprint density at radius 3 is 2.81 bits per heavy atom. The molecule has 1 saturated carbocycles. The number of carbonyl (C=O) groups excluding carboxylic acids is 1. The van der Waals surface area contributed by atoms with E-state index in [-0.39, 0.29) is 5.91 Å². The summed E-state index contributed by atoms with van der Waals surface area (Å²) in [4.78, 5) is 15.0. The Bertz CT molecular complexity index is 527. The molecule has 1 unspecified atom stereocenters. The maximum atomic E-state index is 12.9. The summed E-state index contributed by atoms with van der Waals surface area (Å²) in [6, 6.07) is 6.89. The van der Waals surface area contributed by atoms with Gasteiger partial charge in [-0.3, -0.25) is 4.79 Å². The minimum atomic E-state index is 0.176. The SMILES string of the molecule is O=C(c1cc(I)ccc1Br)N(CC1CCCCN1)C1CC1. The highest BCUT2D eigenvalue weighted by atomic mass is 127. The molecule has 3 nitrogen and oxygen atoms in total. The second-order valence-electron chi connectivity index (χ2n) is 5.96. The first kappa shape index (κ1) is 15.7. The van der Waals surface area contributed by atoms with Gasteiger partial charge in [0.15, 0.2) is 0 Å². The van der Waals surface area contributed by atoms with E-state index in [1.165, 1.54) is 19.3 Å². The van der Waals surface area contributed by atoms with Crippen molar-refractivity contribution in [2.75, 3.05) is 13.1 Å². The Labute approximate surface area is 148 Å². The summed E-state index contributed by atoms with van der Waals surface area (Å²) in [6.07, 6.45) is 6.03. The molecule has 0 bridgehead atoms. The molecule has 1 aliphatic carbocycles. The summed E-state index contributed by atoms with van der Waals surface area (Å²) in [7, 11) is 0. The molecule has 1 aliphatic heterocycles. The third-order valence-electron chi connectivity index (χ3n) is 4.24.